The molecule has 2 rings (SSSR count). The van der Waals surface area contributed by atoms with Gasteiger partial charge in [-0.25, -0.2) is 0 Å². The van der Waals surface area contributed by atoms with E-state index in [-0.39, 0.29) is 18.6 Å². The van der Waals surface area contributed by atoms with Gasteiger partial charge in [-0.1, -0.05) is 37.3 Å². The van der Waals surface area contributed by atoms with E-state index < -0.39 is 0 Å². The van der Waals surface area contributed by atoms with Crippen LogP contribution in [0.4, 0.5) is 0 Å². The van der Waals surface area contributed by atoms with E-state index in [1.807, 2.05) is 25.1 Å². The second-order valence-electron chi connectivity index (χ2n) is 6.02. The topological polar surface area (TPSA) is 71.3 Å². The number of nitriles is 1. The van der Waals surface area contributed by atoms with Crippen molar-refractivity contribution in [1.29, 1.82) is 5.26 Å². The molecule has 27 heavy (non-hydrogen) atoms. The summed E-state index contributed by atoms with van der Waals surface area (Å²) in [6.45, 7) is 4.02. The Hall–Kier alpha value is -3.26. The predicted molar refractivity (Wildman–Crippen MR) is 106 cm³/mol. The van der Waals surface area contributed by atoms with Gasteiger partial charge in [0.25, 0.3) is 0 Å². The number of hydrogen-bond acceptors (Lipinski definition) is 4. The first-order valence-corrected chi connectivity index (χ1v) is 8.82. The SMILES string of the molecule is CCc1ccc(C(C)NC(=O)/C=C/c2ccc(OCC#N)c(OC)c2)cc1. The molecular formula is C22H24N2O3. The highest BCUT2D eigenvalue weighted by atomic mass is 16.5. The van der Waals surface area contributed by atoms with Crippen LogP contribution in [0.15, 0.2) is 48.5 Å². The zero-order valence-corrected chi connectivity index (χ0v) is 15.9. The predicted octanol–water partition coefficient (Wildman–Crippen LogP) is 4.05. The van der Waals surface area contributed by atoms with Gasteiger partial charge >= 0.3 is 0 Å². The van der Waals surface area contributed by atoms with E-state index in [0.717, 1.165) is 17.5 Å². The van der Waals surface area contributed by atoms with Gasteiger partial charge in [-0.15, -0.1) is 0 Å². The molecule has 0 bridgehead atoms. The Morgan fingerprint density at radius 2 is 1.96 bits per heavy atom. The average molecular weight is 364 g/mol. The lowest BCUT2D eigenvalue weighted by Crippen LogP contribution is -2.24. The number of methoxy groups -OCH3 is 1. The minimum Gasteiger partial charge on any atom is -0.493 e. The molecule has 2 aromatic rings. The van der Waals surface area contributed by atoms with E-state index in [1.165, 1.54) is 18.7 Å². The van der Waals surface area contributed by atoms with Crippen LogP contribution in [-0.2, 0) is 11.2 Å². The van der Waals surface area contributed by atoms with Gasteiger partial charge in [-0.2, -0.15) is 5.26 Å². The van der Waals surface area contributed by atoms with Crippen molar-refractivity contribution in [2.75, 3.05) is 13.7 Å². The number of benzene rings is 2. The monoisotopic (exact) mass is 364 g/mol. The van der Waals surface area contributed by atoms with Crippen LogP contribution in [0.3, 0.4) is 0 Å². The molecule has 5 heteroatoms. The van der Waals surface area contributed by atoms with Crippen LogP contribution in [0.5, 0.6) is 11.5 Å². The molecule has 1 atom stereocenters. The second-order valence-corrected chi connectivity index (χ2v) is 6.02. The van der Waals surface area contributed by atoms with E-state index in [1.54, 1.807) is 24.3 Å². The lowest BCUT2D eigenvalue weighted by molar-refractivity contribution is -0.117. The fourth-order valence-corrected chi connectivity index (χ4v) is 2.58. The average Bonchev–Trinajstić information content (AvgIpc) is 2.70. The third-order valence-corrected chi connectivity index (χ3v) is 4.15. The number of carbonyl (C=O) groups is 1. The number of amides is 1. The van der Waals surface area contributed by atoms with Gasteiger partial charge in [0.1, 0.15) is 6.07 Å². The minimum atomic E-state index is -0.175. The van der Waals surface area contributed by atoms with Crippen molar-refractivity contribution in [3.05, 3.63) is 65.2 Å². The highest BCUT2D eigenvalue weighted by molar-refractivity contribution is 5.92. The van der Waals surface area contributed by atoms with Crippen LogP contribution in [0, 0.1) is 11.3 Å². The molecular weight excluding hydrogens is 340 g/mol. The summed E-state index contributed by atoms with van der Waals surface area (Å²) in [5.74, 6) is 0.827. The smallest absolute Gasteiger partial charge is 0.244 e. The van der Waals surface area contributed by atoms with Crippen LogP contribution in [0.2, 0.25) is 0 Å². The molecule has 1 N–H and O–H groups in total. The van der Waals surface area contributed by atoms with Crippen molar-refractivity contribution in [1.82, 2.24) is 5.32 Å². The van der Waals surface area contributed by atoms with E-state index in [2.05, 4.69) is 24.4 Å². The van der Waals surface area contributed by atoms with E-state index in [4.69, 9.17) is 14.7 Å². The number of nitrogens with one attached hydrogen (secondary N) is 1. The standard InChI is InChI=1S/C22H24N2O3/c1-4-17-5-9-19(10-6-17)16(2)24-22(25)12-8-18-7-11-20(27-14-13-23)21(15-18)26-3/h5-12,15-16H,4,14H2,1-3H3,(H,24,25)/b12-8+. The Morgan fingerprint density at radius 3 is 2.59 bits per heavy atom. The van der Waals surface area contributed by atoms with Crippen LogP contribution in [0.25, 0.3) is 6.08 Å². The first-order chi connectivity index (χ1) is 13.1. The molecule has 1 amide bonds. The van der Waals surface area contributed by atoms with Gasteiger partial charge in [0, 0.05) is 6.08 Å². The molecule has 1 unspecified atom stereocenters. The molecule has 0 fully saturated rings. The normalized spacial score (nSPS) is 11.6. The Labute approximate surface area is 160 Å². The number of hydrogen-bond donors (Lipinski definition) is 1. The summed E-state index contributed by atoms with van der Waals surface area (Å²) >= 11 is 0. The molecule has 5 nitrogen and oxygen atoms in total. The number of aryl methyl sites for hydroxylation is 1. The third-order valence-electron chi connectivity index (χ3n) is 4.15. The van der Waals surface area contributed by atoms with Gasteiger partial charge < -0.3 is 14.8 Å². The molecule has 0 aliphatic heterocycles. The molecule has 0 aliphatic rings. The van der Waals surface area contributed by atoms with Gasteiger partial charge in [0.15, 0.2) is 18.1 Å². The fourth-order valence-electron chi connectivity index (χ4n) is 2.58. The number of rotatable bonds is 8. The number of carbonyl (C=O) groups excluding carboxylic acids is 1. The lowest BCUT2D eigenvalue weighted by atomic mass is 10.0. The minimum absolute atomic E-state index is 0.0505. The quantitative estimate of drug-likeness (QED) is 0.717. The van der Waals surface area contributed by atoms with Crippen molar-refractivity contribution < 1.29 is 14.3 Å². The summed E-state index contributed by atoms with van der Waals surface area (Å²) in [6.07, 6.45) is 4.19. The Kier molecular flexibility index (Phi) is 7.45. The summed E-state index contributed by atoms with van der Waals surface area (Å²) < 4.78 is 10.5. The van der Waals surface area contributed by atoms with Gasteiger partial charge in [0.2, 0.25) is 5.91 Å². The molecule has 0 heterocycles. The molecule has 0 aromatic heterocycles. The maximum atomic E-state index is 12.2. The second kappa shape index (κ2) is 10.0. The van der Waals surface area contributed by atoms with Crippen molar-refractivity contribution >= 4 is 12.0 Å². The maximum Gasteiger partial charge on any atom is 0.244 e. The highest BCUT2D eigenvalue weighted by Gasteiger charge is 2.08. The molecule has 0 radical (unpaired) electrons. The van der Waals surface area contributed by atoms with Gasteiger partial charge in [-0.05, 0) is 48.2 Å². The van der Waals surface area contributed by atoms with Crippen LogP contribution in [-0.4, -0.2) is 19.6 Å². The van der Waals surface area contributed by atoms with E-state index >= 15 is 0 Å². The largest absolute Gasteiger partial charge is 0.493 e. The highest BCUT2D eigenvalue weighted by Crippen LogP contribution is 2.28. The molecule has 2 aromatic carbocycles. The molecule has 140 valence electrons. The van der Waals surface area contributed by atoms with Crippen LogP contribution >= 0.6 is 0 Å². The first-order valence-electron chi connectivity index (χ1n) is 8.82. The summed E-state index contributed by atoms with van der Waals surface area (Å²) in [7, 11) is 1.53. The van der Waals surface area contributed by atoms with E-state index in [9.17, 15) is 4.79 Å². The van der Waals surface area contributed by atoms with Crippen LogP contribution < -0.4 is 14.8 Å². The van der Waals surface area contributed by atoms with Crippen molar-refractivity contribution in [3.63, 3.8) is 0 Å². The fraction of sp³-hybridized carbons (Fsp3) is 0.273. The Morgan fingerprint density at radius 1 is 1.22 bits per heavy atom. The summed E-state index contributed by atoms with van der Waals surface area (Å²) in [5, 5.41) is 11.6. The molecule has 0 saturated heterocycles. The molecule has 0 saturated carbocycles. The number of ether oxygens (including phenoxy) is 2. The first kappa shape index (κ1) is 20.1. The molecule has 0 spiro atoms. The van der Waals surface area contributed by atoms with Crippen molar-refractivity contribution in [2.45, 2.75) is 26.3 Å². The summed E-state index contributed by atoms with van der Waals surface area (Å²) in [6, 6.07) is 15.3. The van der Waals surface area contributed by atoms with Crippen LogP contribution in [0.1, 0.15) is 36.6 Å². The lowest BCUT2D eigenvalue weighted by Gasteiger charge is -2.13. The zero-order valence-electron chi connectivity index (χ0n) is 15.9. The Bertz CT molecular complexity index is 836. The number of nitrogens with zero attached hydrogens (tertiary/aromatic N) is 1. The zero-order chi connectivity index (χ0) is 19.6. The van der Waals surface area contributed by atoms with Crippen molar-refractivity contribution in [3.8, 4) is 17.6 Å². The third kappa shape index (κ3) is 5.89. The summed E-state index contributed by atoms with van der Waals surface area (Å²) in [4.78, 5) is 12.2. The summed E-state index contributed by atoms with van der Waals surface area (Å²) in [5.41, 5.74) is 3.13. The van der Waals surface area contributed by atoms with E-state index in [0.29, 0.717) is 11.5 Å². The molecule has 0 aliphatic carbocycles. The van der Waals surface area contributed by atoms with Crippen molar-refractivity contribution in [2.24, 2.45) is 0 Å². The van der Waals surface area contributed by atoms with Gasteiger partial charge in [0.05, 0.1) is 13.2 Å². The Balaban J connectivity index is 1.99. The maximum absolute atomic E-state index is 12.2. The van der Waals surface area contributed by atoms with Gasteiger partial charge in [-0.3, -0.25) is 4.79 Å².